The lowest BCUT2D eigenvalue weighted by molar-refractivity contribution is -0.186. The maximum Gasteiger partial charge on any atom is 0.266 e. The van der Waals surface area contributed by atoms with E-state index in [0.29, 0.717) is 36.6 Å². The van der Waals surface area contributed by atoms with Crippen LogP contribution in [0.3, 0.4) is 0 Å². The molecule has 0 radical (unpaired) electrons. The standard InChI is InChI=1S/C28H37F2N3O2/c1-26-10-7-18-17(19(26)9-12-28(35,16-26)25(29)30)8-11-27(2)20(18)5-6-21(27)24(34)15-33-14-23-22(32-33)4-3-13-31-23/h3-4,13-14,17-21,25,35H,5-12,15-16H2,1-2H3/t17-,18+,19+,20-,21+,26+,27-,28+/m0/s1. The first kappa shape index (κ1) is 23.5. The van der Waals surface area contributed by atoms with Crippen LogP contribution in [-0.4, -0.2) is 37.7 Å². The summed E-state index contributed by atoms with van der Waals surface area (Å²) in [5, 5.41) is 15.2. The number of nitrogens with zero attached hydrogens (tertiary/aromatic N) is 3. The molecule has 4 aliphatic carbocycles. The normalized spacial score (nSPS) is 43.1. The molecule has 0 bridgehead atoms. The third-order valence-corrected chi connectivity index (χ3v) is 11.0. The fraction of sp³-hybridized carbons (Fsp3) is 0.750. The first-order chi connectivity index (χ1) is 16.6. The van der Waals surface area contributed by atoms with Crippen molar-refractivity contribution >= 4 is 16.8 Å². The van der Waals surface area contributed by atoms with E-state index in [0.717, 1.165) is 49.6 Å². The lowest BCUT2D eigenvalue weighted by Crippen LogP contribution is -2.56. The van der Waals surface area contributed by atoms with E-state index in [1.165, 1.54) is 0 Å². The van der Waals surface area contributed by atoms with Crippen molar-refractivity contribution < 1.29 is 18.7 Å². The predicted octanol–water partition coefficient (Wildman–Crippen LogP) is 5.66. The number of Topliss-reactive ketones (excluding diaryl/α,β-unsaturated/α-hetero) is 1. The summed E-state index contributed by atoms with van der Waals surface area (Å²) >= 11 is 0. The summed E-state index contributed by atoms with van der Waals surface area (Å²) in [7, 11) is 0. The largest absolute Gasteiger partial charge is 0.384 e. The fourth-order valence-corrected chi connectivity index (χ4v) is 9.37. The maximum absolute atomic E-state index is 13.6. The van der Waals surface area contributed by atoms with Gasteiger partial charge in [-0.15, -0.1) is 0 Å². The Balaban J connectivity index is 1.19. The minimum atomic E-state index is -2.67. The van der Waals surface area contributed by atoms with Crippen molar-refractivity contribution in [2.75, 3.05) is 0 Å². The first-order valence-electron chi connectivity index (χ1n) is 13.4. The van der Waals surface area contributed by atoms with Crippen LogP contribution in [-0.2, 0) is 11.3 Å². The molecule has 4 aliphatic rings. The second-order valence-electron chi connectivity index (χ2n) is 12.7. The molecule has 8 atom stereocenters. The highest BCUT2D eigenvalue weighted by molar-refractivity contribution is 5.82. The van der Waals surface area contributed by atoms with Crippen molar-refractivity contribution in [1.82, 2.24) is 14.8 Å². The third-order valence-electron chi connectivity index (χ3n) is 11.0. The van der Waals surface area contributed by atoms with Gasteiger partial charge < -0.3 is 5.11 Å². The van der Waals surface area contributed by atoms with Gasteiger partial charge in [-0.3, -0.25) is 14.5 Å². The van der Waals surface area contributed by atoms with E-state index < -0.39 is 12.0 Å². The van der Waals surface area contributed by atoms with Crippen molar-refractivity contribution in [2.24, 2.45) is 40.4 Å². The van der Waals surface area contributed by atoms with Crippen LogP contribution in [0.15, 0.2) is 24.5 Å². The summed E-state index contributed by atoms with van der Waals surface area (Å²) in [6, 6.07) is 3.78. The van der Waals surface area contributed by atoms with E-state index in [2.05, 4.69) is 23.9 Å². The molecule has 0 unspecified atom stereocenters. The second-order valence-corrected chi connectivity index (χ2v) is 12.7. The van der Waals surface area contributed by atoms with Gasteiger partial charge in [-0.1, -0.05) is 13.8 Å². The van der Waals surface area contributed by atoms with Gasteiger partial charge in [0.25, 0.3) is 6.43 Å². The van der Waals surface area contributed by atoms with Crippen molar-refractivity contribution in [3.8, 4) is 0 Å². The van der Waals surface area contributed by atoms with Crippen molar-refractivity contribution in [1.29, 1.82) is 0 Å². The number of aromatic nitrogens is 3. The van der Waals surface area contributed by atoms with E-state index in [4.69, 9.17) is 0 Å². The lowest BCUT2D eigenvalue weighted by Gasteiger charge is -2.60. The van der Waals surface area contributed by atoms with Gasteiger partial charge in [-0.25, -0.2) is 8.78 Å². The van der Waals surface area contributed by atoms with Crippen LogP contribution in [0.1, 0.15) is 71.6 Å². The summed E-state index contributed by atoms with van der Waals surface area (Å²) in [5.41, 5.74) is -0.392. The molecule has 2 aromatic heterocycles. The molecule has 0 saturated heterocycles. The highest BCUT2D eigenvalue weighted by atomic mass is 19.3. The van der Waals surface area contributed by atoms with Crippen LogP contribution in [0.5, 0.6) is 0 Å². The highest BCUT2D eigenvalue weighted by Crippen LogP contribution is 2.67. The SMILES string of the molecule is C[C@]12CC[C@@H]3[C@H](CC[C@]4(C)[C@@H](C(=O)Cn5cc6ncccc6n5)CC[C@@H]34)[C@H]1CC[C@](O)(C(F)F)C2. The number of aliphatic hydroxyl groups is 1. The molecule has 0 aliphatic heterocycles. The predicted molar refractivity (Wildman–Crippen MR) is 129 cm³/mol. The van der Waals surface area contributed by atoms with Crippen LogP contribution >= 0.6 is 0 Å². The van der Waals surface area contributed by atoms with Gasteiger partial charge in [0.15, 0.2) is 5.78 Å². The Morgan fingerprint density at radius 3 is 2.63 bits per heavy atom. The van der Waals surface area contributed by atoms with Crippen LogP contribution in [0.2, 0.25) is 0 Å². The Morgan fingerprint density at radius 1 is 1.09 bits per heavy atom. The summed E-state index contributed by atoms with van der Waals surface area (Å²) < 4.78 is 29.0. The minimum absolute atomic E-state index is 0.00912. The molecule has 2 heterocycles. The number of carbonyl (C=O) groups excluding carboxylic acids is 1. The molecule has 5 nitrogen and oxygen atoms in total. The molecule has 0 spiro atoms. The molecule has 4 fully saturated rings. The Morgan fingerprint density at radius 2 is 1.86 bits per heavy atom. The Hall–Kier alpha value is -1.89. The summed E-state index contributed by atoms with van der Waals surface area (Å²) in [6.45, 7) is 4.79. The molecular formula is C28H37F2N3O2. The van der Waals surface area contributed by atoms with Gasteiger partial charge in [0.05, 0.1) is 12.7 Å². The van der Waals surface area contributed by atoms with E-state index in [1.54, 1.807) is 10.9 Å². The zero-order valence-corrected chi connectivity index (χ0v) is 20.8. The summed E-state index contributed by atoms with van der Waals surface area (Å²) in [5.74, 6) is 2.36. The molecule has 7 heteroatoms. The highest BCUT2D eigenvalue weighted by Gasteiger charge is 2.62. The van der Waals surface area contributed by atoms with Gasteiger partial charge in [0.1, 0.15) is 16.6 Å². The molecule has 190 valence electrons. The number of alkyl halides is 2. The molecule has 4 saturated carbocycles. The van der Waals surface area contributed by atoms with Crippen LogP contribution < -0.4 is 0 Å². The Bertz CT molecular complexity index is 1100. The van der Waals surface area contributed by atoms with Gasteiger partial charge >= 0.3 is 0 Å². The Labute approximate surface area is 205 Å². The average Bonchev–Trinajstić information content (AvgIpc) is 3.38. The van der Waals surface area contributed by atoms with E-state index in [9.17, 15) is 18.7 Å². The molecule has 0 amide bonds. The van der Waals surface area contributed by atoms with Gasteiger partial charge in [-0.05, 0) is 104 Å². The van der Waals surface area contributed by atoms with E-state index in [1.807, 2.05) is 18.3 Å². The zero-order valence-electron chi connectivity index (χ0n) is 20.8. The molecule has 2 aromatic rings. The molecular weight excluding hydrogens is 448 g/mol. The topological polar surface area (TPSA) is 68.0 Å². The lowest BCUT2D eigenvalue weighted by atomic mass is 9.45. The maximum atomic E-state index is 13.6. The van der Waals surface area contributed by atoms with Crippen molar-refractivity contribution in [3.63, 3.8) is 0 Å². The fourth-order valence-electron chi connectivity index (χ4n) is 9.37. The monoisotopic (exact) mass is 485 g/mol. The number of hydrogen-bond donors (Lipinski definition) is 1. The molecule has 0 aromatic carbocycles. The van der Waals surface area contributed by atoms with Crippen molar-refractivity contribution in [2.45, 2.75) is 90.2 Å². The summed E-state index contributed by atoms with van der Waals surface area (Å²) in [4.78, 5) is 17.9. The number of pyridine rings is 1. The number of rotatable bonds is 4. The van der Waals surface area contributed by atoms with Crippen LogP contribution in [0.4, 0.5) is 8.78 Å². The van der Waals surface area contributed by atoms with Crippen LogP contribution in [0.25, 0.3) is 11.0 Å². The summed E-state index contributed by atoms with van der Waals surface area (Å²) in [6.07, 6.45) is 8.15. The number of ketones is 1. The first-order valence-corrected chi connectivity index (χ1v) is 13.4. The number of halogens is 2. The average molecular weight is 486 g/mol. The minimum Gasteiger partial charge on any atom is -0.384 e. The van der Waals surface area contributed by atoms with Gasteiger partial charge in [0, 0.05) is 12.1 Å². The quantitative estimate of drug-likeness (QED) is 0.607. The number of fused-ring (bicyclic) bond motifs is 6. The van der Waals surface area contributed by atoms with E-state index in [-0.39, 0.29) is 35.4 Å². The van der Waals surface area contributed by atoms with E-state index >= 15 is 0 Å². The number of hydrogen-bond acceptors (Lipinski definition) is 4. The second kappa shape index (κ2) is 8.06. The van der Waals surface area contributed by atoms with Gasteiger partial charge in [-0.2, -0.15) is 5.10 Å². The Kier molecular flexibility index (Phi) is 5.41. The molecule has 1 N–H and O–H groups in total. The molecule has 6 rings (SSSR count). The van der Waals surface area contributed by atoms with Gasteiger partial charge in [0.2, 0.25) is 0 Å². The molecule has 35 heavy (non-hydrogen) atoms. The van der Waals surface area contributed by atoms with Crippen LogP contribution in [0, 0.1) is 40.4 Å². The van der Waals surface area contributed by atoms with Crippen molar-refractivity contribution in [3.05, 3.63) is 24.5 Å². The number of carbonyl (C=O) groups is 1. The third kappa shape index (κ3) is 3.59. The zero-order chi connectivity index (χ0) is 24.6. The smallest absolute Gasteiger partial charge is 0.266 e.